The third-order valence-electron chi connectivity index (χ3n) is 4.38. The number of nitrogens with one attached hydrogen (secondary N) is 1. The van der Waals surface area contributed by atoms with Gasteiger partial charge in [-0.2, -0.15) is 0 Å². The Hall–Kier alpha value is -0.160. The van der Waals surface area contributed by atoms with E-state index in [0.29, 0.717) is 12.1 Å². The van der Waals surface area contributed by atoms with Gasteiger partial charge in [-0.05, 0) is 46.3 Å². The summed E-state index contributed by atoms with van der Waals surface area (Å²) in [5.74, 6) is 0.796. The van der Waals surface area contributed by atoms with Gasteiger partial charge in [-0.15, -0.1) is 0 Å². The summed E-state index contributed by atoms with van der Waals surface area (Å²) in [5.41, 5.74) is 0. The molecule has 0 saturated carbocycles. The number of morpholine rings is 1. The van der Waals surface area contributed by atoms with E-state index >= 15 is 0 Å². The number of hydrogen-bond donors (Lipinski definition) is 1. The Kier molecular flexibility index (Phi) is 5.42. The molecule has 2 heterocycles. The van der Waals surface area contributed by atoms with E-state index in [1.54, 1.807) is 0 Å². The lowest BCUT2D eigenvalue weighted by Gasteiger charge is -2.36. The first-order valence-electron chi connectivity index (χ1n) is 7.37. The lowest BCUT2D eigenvalue weighted by Crippen LogP contribution is -2.49. The van der Waals surface area contributed by atoms with Crippen molar-refractivity contribution in [3.8, 4) is 0 Å². The Morgan fingerprint density at radius 2 is 2.00 bits per heavy atom. The lowest BCUT2D eigenvalue weighted by molar-refractivity contribution is -0.0203. The molecular formula is C14H29N3O. The Morgan fingerprint density at radius 1 is 1.22 bits per heavy atom. The average Bonchev–Trinajstić information content (AvgIpc) is 2.36. The molecule has 2 saturated heterocycles. The van der Waals surface area contributed by atoms with Gasteiger partial charge in [0.1, 0.15) is 0 Å². The van der Waals surface area contributed by atoms with Crippen molar-refractivity contribution >= 4 is 0 Å². The van der Waals surface area contributed by atoms with Crippen molar-refractivity contribution < 1.29 is 4.74 Å². The summed E-state index contributed by atoms with van der Waals surface area (Å²) in [6.07, 6.45) is 3.08. The summed E-state index contributed by atoms with van der Waals surface area (Å²) in [6, 6.07) is 0.601. The van der Waals surface area contributed by atoms with E-state index in [1.165, 1.54) is 25.9 Å². The number of nitrogens with zero attached hydrogens (tertiary/aromatic N) is 2. The predicted octanol–water partition coefficient (Wildman–Crippen LogP) is 0.637. The molecule has 0 aromatic rings. The minimum absolute atomic E-state index is 0.368. The van der Waals surface area contributed by atoms with Crippen LogP contribution in [0.5, 0.6) is 0 Å². The van der Waals surface area contributed by atoms with Crippen LogP contribution in [0.1, 0.15) is 19.8 Å². The molecular weight excluding hydrogens is 226 g/mol. The molecule has 0 aromatic heterocycles. The number of piperidine rings is 1. The molecule has 1 N–H and O–H groups in total. The van der Waals surface area contributed by atoms with E-state index < -0.39 is 0 Å². The molecule has 2 rings (SSSR count). The molecule has 0 bridgehead atoms. The number of hydrogen-bond acceptors (Lipinski definition) is 4. The summed E-state index contributed by atoms with van der Waals surface area (Å²) in [7, 11) is 4.41. The first-order valence-corrected chi connectivity index (χ1v) is 7.37. The standard InChI is InChI=1S/C14H29N3O/c1-12(13-5-4-6-16(2)10-13)15-9-14-11-17(3)7-8-18-14/h12-15H,4-11H2,1-3H3. The molecule has 0 aromatic carbocycles. The van der Waals surface area contributed by atoms with Gasteiger partial charge >= 0.3 is 0 Å². The van der Waals surface area contributed by atoms with Crippen LogP contribution in [0.25, 0.3) is 0 Å². The summed E-state index contributed by atoms with van der Waals surface area (Å²) in [6.45, 7) is 8.83. The van der Waals surface area contributed by atoms with Crippen LogP contribution in [0.3, 0.4) is 0 Å². The second kappa shape index (κ2) is 6.85. The average molecular weight is 255 g/mol. The maximum atomic E-state index is 5.79. The second-order valence-electron chi connectivity index (χ2n) is 6.12. The van der Waals surface area contributed by atoms with Gasteiger partial charge in [0, 0.05) is 32.2 Å². The van der Waals surface area contributed by atoms with E-state index in [4.69, 9.17) is 4.74 Å². The molecule has 3 atom stereocenters. The molecule has 4 nitrogen and oxygen atoms in total. The molecule has 4 heteroatoms. The number of likely N-dealkylation sites (N-methyl/N-ethyl adjacent to an activating group) is 1. The summed E-state index contributed by atoms with van der Waals surface area (Å²) in [4.78, 5) is 4.81. The molecule has 2 fully saturated rings. The number of ether oxygens (including phenoxy) is 1. The van der Waals surface area contributed by atoms with Gasteiger partial charge in [0.25, 0.3) is 0 Å². The maximum Gasteiger partial charge on any atom is 0.0826 e. The van der Waals surface area contributed by atoms with Crippen LogP contribution >= 0.6 is 0 Å². The highest BCUT2D eigenvalue weighted by Crippen LogP contribution is 2.18. The van der Waals surface area contributed by atoms with Crippen LogP contribution in [-0.2, 0) is 4.74 Å². The third-order valence-corrected chi connectivity index (χ3v) is 4.38. The maximum absolute atomic E-state index is 5.79. The van der Waals surface area contributed by atoms with Crippen molar-refractivity contribution in [3.05, 3.63) is 0 Å². The van der Waals surface area contributed by atoms with Gasteiger partial charge in [0.05, 0.1) is 12.7 Å². The smallest absolute Gasteiger partial charge is 0.0826 e. The molecule has 0 radical (unpaired) electrons. The minimum Gasteiger partial charge on any atom is -0.374 e. The van der Waals surface area contributed by atoms with Crippen molar-refractivity contribution in [2.75, 3.05) is 53.4 Å². The Balaban J connectivity index is 1.68. The highest BCUT2D eigenvalue weighted by Gasteiger charge is 2.24. The monoisotopic (exact) mass is 255 g/mol. The SMILES string of the molecule is CC(NCC1CN(C)CCO1)C1CCCN(C)C1. The van der Waals surface area contributed by atoms with Crippen LogP contribution in [0, 0.1) is 5.92 Å². The van der Waals surface area contributed by atoms with Gasteiger partial charge in [-0.3, -0.25) is 0 Å². The van der Waals surface area contributed by atoms with E-state index in [2.05, 4.69) is 36.1 Å². The van der Waals surface area contributed by atoms with E-state index in [0.717, 1.165) is 32.2 Å². The summed E-state index contributed by atoms with van der Waals surface area (Å²) in [5, 5.41) is 3.68. The van der Waals surface area contributed by atoms with Crippen LogP contribution < -0.4 is 5.32 Å². The van der Waals surface area contributed by atoms with E-state index in [1.807, 2.05) is 0 Å². The van der Waals surface area contributed by atoms with Gasteiger partial charge in [0.15, 0.2) is 0 Å². The Bertz CT molecular complexity index is 249. The highest BCUT2D eigenvalue weighted by atomic mass is 16.5. The largest absolute Gasteiger partial charge is 0.374 e. The fraction of sp³-hybridized carbons (Fsp3) is 1.00. The summed E-state index contributed by atoms with van der Waals surface area (Å²) < 4.78 is 5.79. The minimum atomic E-state index is 0.368. The fourth-order valence-electron chi connectivity index (χ4n) is 3.09. The van der Waals surface area contributed by atoms with Crippen molar-refractivity contribution in [3.63, 3.8) is 0 Å². The first kappa shape index (κ1) is 14.3. The molecule has 2 aliphatic rings. The van der Waals surface area contributed by atoms with Crippen LogP contribution in [0.15, 0.2) is 0 Å². The van der Waals surface area contributed by atoms with Crippen LogP contribution in [0.4, 0.5) is 0 Å². The third kappa shape index (κ3) is 4.19. The number of rotatable bonds is 4. The van der Waals surface area contributed by atoms with E-state index in [9.17, 15) is 0 Å². The van der Waals surface area contributed by atoms with Gasteiger partial charge < -0.3 is 19.9 Å². The molecule has 3 unspecified atom stereocenters. The van der Waals surface area contributed by atoms with Gasteiger partial charge in [-0.25, -0.2) is 0 Å². The zero-order chi connectivity index (χ0) is 13.0. The predicted molar refractivity (Wildman–Crippen MR) is 74.9 cm³/mol. The molecule has 18 heavy (non-hydrogen) atoms. The topological polar surface area (TPSA) is 27.7 Å². The quantitative estimate of drug-likeness (QED) is 0.798. The Labute approximate surface area is 112 Å². The molecule has 0 amide bonds. The van der Waals surface area contributed by atoms with Gasteiger partial charge in [0.2, 0.25) is 0 Å². The summed E-state index contributed by atoms with van der Waals surface area (Å²) >= 11 is 0. The first-order chi connectivity index (χ1) is 8.65. The van der Waals surface area contributed by atoms with Crippen LogP contribution in [0.2, 0.25) is 0 Å². The highest BCUT2D eigenvalue weighted by molar-refractivity contribution is 4.81. The molecule has 0 spiro atoms. The zero-order valence-corrected chi connectivity index (χ0v) is 12.2. The fourth-order valence-corrected chi connectivity index (χ4v) is 3.09. The van der Waals surface area contributed by atoms with Crippen molar-refractivity contribution in [2.45, 2.75) is 31.9 Å². The molecule has 106 valence electrons. The second-order valence-corrected chi connectivity index (χ2v) is 6.12. The van der Waals surface area contributed by atoms with Gasteiger partial charge in [-0.1, -0.05) is 0 Å². The molecule has 0 aliphatic carbocycles. The normalized spacial score (nSPS) is 33.5. The van der Waals surface area contributed by atoms with Crippen molar-refractivity contribution in [1.29, 1.82) is 0 Å². The zero-order valence-electron chi connectivity index (χ0n) is 12.2. The van der Waals surface area contributed by atoms with Crippen LogP contribution in [-0.4, -0.2) is 75.4 Å². The van der Waals surface area contributed by atoms with E-state index in [-0.39, 0.29) is 0 Å². The Morgan fingerprint density at radius 3 is 2.72 bits per heavy atom. The lowest BCUT2D eigenvalue weighted by atomic mass is 9.92. The molecule has 2 aliphatic heterocycles. The van der Waals surface area contributed by atoms with Crippen molar-refractivity contribution in [2.24, 2.45) is 5.92 Å². The van der Waals surface area contributed by atoms with Crippen molar-refractivity contribution in [1.82, 2.24) is 15.1 Å². The number of likely N-dealkylation sites (tertiary alicyclic amines) is 1.